The number of rotatable bonds is 5. The third-order valence-corrected chi connectivity index (χ3v) is 5.00. The zero-order valence-corrected chi connectivity index (χ0v) is 16.9. The summed E-state index contributed by atoms with van der Waals surface area (Å²) >= 11 is 0. The van der Waals surface area contributed by atoms with E-state index in [1.807, 2.05) is 61.5 Å². The van der Waals surface area contributed by atoms with E-state index in [4.69, 9.17) is 0 Å². The molecule has 5 heteroatoms. The minimum absolute atomic E-state index is 0.0460. The van der Waals surface area contributed by atoms with Crippen LogP contribution in [0.3, 0.4) is 0 Å². The van der Waals surface area contributed by atoms with Gasteiger partial charge in [-0.3, -0.25) is 4.79 Å². The van der Waals surface area contributed by atoms with Gasteiger partial charge in [0.1, 0.15) is 11.0 Å². The van der Waals surface area contributed by atoms with E-state index in [1.165, 1.54) is 5.56 Å². The molecule has 0 unspecified atom stereocenters. The lowest BCUT2D eigenvalue weighted by molar-refractivity contribution is -0.115. The van der Waals surface area contributed by atoms with Gasteiger partial charge in [-0.2, -0.15) is 4.80 Å². The lowest BCUT2D eigenvalue weighted by Crippen LogP contribution is -2.15. The quantitative estimate of drug-likeness (QED) is 0.525. The first-order chi connectivity index (χ1) is 14.0. The van der Waals surface area contributed by atoms with Gasteiger partial charge in [-0.15, -0.1) is 10.2 Å². The Hall–Kier alpha value is -3.47. The molecule has 0 aliphatic heterocycles. The van der Waals surface area contributed by atoms with Crippen LogP contribution in [0.5, 0.6) is 0 Å². The van der Waals surface area contributed by atoms with Gasteiger partial charge in [0.05, 0.1) is 12.1 Å². The normalized spacial score (nSPS) is 11.2. The predicted molar refractivity (Wildman–Crippen MR) is 116 cm³/mol. The first kappa shape index (κ1) is 18.9. The Morgan fingerprint density at radius 3 is 2.28 bits per heavy atom. The molecule has 29 heavy (non-hydrogen) atoms. The monoisotopic (exact) mass is 384 g/mol. The van der Waals surface area contributed by atoms with Crippen LogP contribution in [0.4, 0.5) is 5.69 Å². The lowest BCUT2D eigenvalue weighted by Gasteiger charge is -2.08. The van der Waals surface area contributed by atoms with Gasteiger partial charge in [-0.1, -0.05) is 56.3 Å². The number of fused-ring (bicyclic) bond motifs is 1. The second kappa shape index (κ2) is 7.87. The Kier molecular flexibility index (Phi) is 5.12. The second-order valence-electron chi connectivity index (χ2n) is 7.60. The number of anilines is 1. The summed E-state index contributed by atoms with van der Waals surface area (Å²) in [5, 5.41) is 12.2. The van der Waals surface area contributed by atoms with Crippen molar-refractivity contribution in [2.75, 3.05) is 5.32 Å². The van der Waals surface area contributed by atoms with Crippen LogP contribution >= 0.6 is 0 Å². The van der Waals surface area contributed by atoms with Gasteiger partial charge in [0, 0.05) is 5.69 Å². The fourth-order valence-electron chi connectivity index (χ4n) is 3.29. The molecule has 0 saturated carbocycles. The van der Waals surface area contributed by atoms with Crippen molar-refractivity contribution in [3.63, 3.8) is 0 Å². The molecule has 0 spiro atoms. The summed E-state index contributed by atoms with van der Waals surface area (Å²) in [5.74, 6) is 0.439. The molecular formula is C24H24N4O. The van der Waals surface area contributed by atoms with Crippen molar-refractivity contribution in [3.05, 3.63) is 83.4 Å². The maximum Gasteiger partial charge on any atom is 0.228 e. The van der Waals surface area contributed by atoms with Crippen LogP contribution in [0.25, 0.3) is 16.7 Å². The molecule has 0 aliphatic carbocycles. The summed E-state index contributed by atoms with van der Waals surface area (Å²) in [6, 6.07) is 21.8. The first-order valence-electron chi connectivity index (χ1n) is 9.81. The van der Waals surface area contributed by atoms with E-state index < -0.39 is 0 Å². The van der Waals surface area contributed by atoms with Crippen LogP contribution in [0.2, 0.25) is 0 Å². The van der Waals surface area contributed by atoms with E-state index in [9.17, 15) is 4.79 Å². The van der Waals surface area contributed by atoms with Gasteiger partial charge < -0.3 is 5.32 Å². The van der Waals surface area contributed by atoms with E-state index in [2.05, 4.69) is 41.5 Å². The highest BCUT2D eigenvalue weighted by atomic mass is 16.1. The van der Waals surface area contributed by atoms with Crippen molar-refractivity contribution in [2.24, 2.45) is 0 Å². The number of hydrogen-bond acceptors (Lipinski definition) is 3. The number of aryl methyl sites for hydroxylation is 1. The molecule has 0 atom stereocenters. The maximum atomic E-state index is 12.4. The number of carbonyl (C=O) groups is 1. The molecule has 4 rings (SSSR count). The van der Waals surface area contributed by atoms with Gasteiger partial charge in [0.2, 0.25) is 5.91 Å². The van der Waals surface area contributed by atoms with Crippen LogP contribution in [0.1, 0.15) is 36.5 Å². The maximum absolute atomic E-state index is 12.4. The zero-order valence-electron chi connectivity index (χ0n) is 16.9. The van der Waals surface area contributed by atoms with Crippen molar-refractivity contribution < 1.29 is 4.79 Å². The summed E-state index contributed by atoms with van der Waals surface area (Å²) < 4.78 is 0. The van der Waals surface area contributed by atoms with E-state index in [0.29, 0.717) is 12.3 Å². The number of benzene rings is 3. The minimum Gasteiger partial charge on any atom is -0.325 e. The molecule has 0 bridgehead atoms. The van der Waals surface area contributed by atoms with Crippen molar-refractivity contribution in [1.29, 1.82) is 0 Å². The second-order valence-corrected chi connectivity index (χ2v) is 7.60. The van der Waals surface area contributed by atoms with Crippen molar-refractivity contribution in [3.8, 4) is 5.69 Å². The Labute approximate surface area is 170 Å². The Bertz CT molecular complexity index is 1140. The fourth-order valence-corrected chi connectivity index (χ4v) is 3.29. The summed E-state index contributed by atoms with van der Waals surface area (Å²) in [4.78, 5) is 14.1. The molecular weight excluding hydrogens is 360 g/mol. The third-order valence-electron chi connectivity index (χ3n) is 5.00. The molecule has 1 aromatic heterocycles. The third kappa shape index (κ3) is 4.19. The Balaban J connectivity index is 1.57. The van der Waals surface area contributed by atoms with Crippen molar-refractivity contribution in [2.45, 2.75) is 33.1 Å². The Morgan fingerprint density at radius 2 is 1.62 bits per heavy atom. The smallest absolute Gasteiger partial charge is 0.228 e. The highest BCUT2D eigenvalue weighted by Crippen LogP contribution is 2.23. The number of nitrogens with one attached hydrogen (secondary N) is 1. The summed E-state index contributed by atoms with van der Waals surface area (Å²) in [6.45, 7) is 6.31. The summed E-state index contributed by atoms with van der Waals surface area (Å²) in [6.07, 6.45) is 0.340. The van der Waals surface area contributed by atoms with E-state index in [-0.39, 0.29) is 5.91 Å². The summed E-state index contributed by atoms with van der Waals surface area (Å²) in [7, 11) is 0. The molecule has 3 aromatic carbocycles. The van der Waals surface area contributed by atoms with Crippen molar-refractivity contribution >= 4 is 22.6 Å². The standard InChI is InChI=1S/C24H24N4O/c1-16(2)19-9-11-20(12-10-19)28-26-22-13-17(3)21(15-23(22)27-28)25-24(29)14-18-7-5-4-6-8-18/h4-13,15-16H,14H2,1-3H3,(H,25,29). The number of hydrogen-bond donors (Lipinski definition) is 1. The molecule has 0 saturated heterocycles. The number of nitrogens with zero attached hydrogens (tertiary/aromatic N) is 3. The number of carbonyl (C=O) groups excluding carboxylic acids is 1. The van der Waals surface area contributed by atoms with E-state index in [1.54, 1.807) is 4.80 Å². The highest BCUT2D eigenvalue weighted by Gasteiger charge is 2.11. The molecule has 4 aromatic rings. The fraction of sp³-hybridized carbons (Fsp3) is 0.208. The van der Waals surface area contributed by atoms with Crippen LogP contribution < -0.4 is 5.32 Å². The van der Waals surface area contributed by atoms with Crippen LogP contribution in [0.15, 0.2) is 66.7 Å². The highest BCUT2D eigenvalue weighted by molar-refractivity contribution is 5.95. The van der Waals surface area contributed by atoms with E-state index in [0.717, 1.165) is 33.5 Å². The van der Waals surface area contributed by atoms with Crippen LogP contribution in [-0.2, 0) is 11.2 Å². The first-order valence-corrected chi connectivity index (χ1v) is 9.81. The van der Waals surface area contributed by atoms with Crippen LogP contribution in [0, 0.1) is 6.92 Å². The molecule has 1 amide bonds. The number of aromatic nitrogens is 3. The van der Waals surface area contributed by atoms with Gasteiger partial charge >= 0.3 is 0 Å². The average molecular weight is 384 g/mol. The minimum atomic E-state index is -0.0460. The SMILES string of the molecule is Cc1cc2nn(-c3ccc(C(C)C)cc3)nc2cc1NC(=O)Cc1ccccc1. The van der Waals surface area contributed by atoms with Crippen LogP contribution in [-0.4, -0.2) is 20.9 Å². The molecule has 5 nitrogen and oxygen atoms in total. The molecule has 0 fully saturated rings. The van der Waals surface area contributed by atoms with Gasteiger partial charge in [-0.05, 0) is 53.8 Å². The van der Waals surface area contributed by atoms with E-state index >= 15 is 0 Å². The van der Waals surface area contributed by atoms with Gasteiger partial charge in [-0.25, -0.2) is 0 Å². The average Bonchev–Trinajstić information content (AvgIpc) is 3.11. The number of amides is 1. The summed E-state index contributed by atoms with van der Waals surface area (Å²) in [5.41, 5.74) is 6.46. The lowest BCUT2D eigenvalue weighted by atomic mass is 10.0. The molecule has 0 aliphatic rings. The van der Waals surface area contributed by atoms with Crippen molar-refractivity contribution in [1.82, 2.24) is 15.0 Å². The largest absolute Gasteiger partial charge is 0.325 e. The molecule has 1 heterocycles. The van der Waals surface area contributed by atoms with Gasteiger partial charge in [0.15, 0.2) is 0 Å². The zero-order chi connectivity index (χ0) is 20.4. The molecule has 146 valence electrons. The Morgan fingerprint density at radius 1 is 0.966 bits per heavy atom. The molecule has 0 radical (unpaired) electrons. The van der Waals surface area contributed by atoms with Gasteiger partial charge in [0.25, 0.3) is 0 Å². The molecule has 1 N–H and O–H groups in total. The predicted octanol–water partition coefficient (Wildman–Crippen LogP) is 5.03. The topological polar surface area (TPSA) is 59.8 Å².